The van der Waals surface area contributed by atoms with Crippen molar-refractivity contribution in [1.82, 2.24) is 14.6 Å². The van der Waals surface area contributed by atoms with Gasteiger partial charge in [0.05, 0.1) is 12.8 Å². The summed E-state index contributed by atoms with van der Waals surface area (Å²) in [6.45, 7) is 2.12. The molecule has 0 spiro atoms. The number of esters is 1. The molecule has 3 heterocycles. The molecule has 1 fully saturated rings. The number of carbonyl (C=O) groups excluding carboxylic acids is 1. The average Bonchev–Trinajstić information content (AvgIpc) is 3.13. The minimum Gasteiger partial charge on any atom is -0.461 e. The molecular weight excluding hydrogens is 313 g/mol. The van der Waals surface area contributed by atoms with Crippen molar-refractivity contribution < 1.29 is 22.7 Å². The number of aromatic nitrogens is 3. The summed E-state index contributed by atoms with van der Waals surface area (Å²) in [5, 5.41) is 4.16. The molecule has 23 heavy (non-hydrogen) atoms. The minimum absolute atomic E-state index is 0.0396. The maximum Gasteiger partial charge on any atom is 0.408 e. The van der Waals surface area contributed by atoms with Crippen molar-refractivity contribution in [2.24, 2.45) is 0 Å². The maximum atomic E-state index is 13.1. The molecule has 0 bridgehead atoms. The first-order valence-corrected chi connectivity index (χ1v) is 7.27. The highest BCUT2D eigenvalue weighted by molar-refractivity contribution is 5.88. The van der Waals surface area contributed by atoms with Crippen LogP contribution in [0.3, 0.4) is 0 Å². The molecule has 1 aliphatic heterocycles. The normalized spacial score (nSPS) is 18.6. The van der Waals surface area contributed by atoms with Crippen LogP contribution in [0.15, 0.2) is 18.3 Å². The van der Waals surface area contributed by atoms with Gasteiger partial charge in [0.15, 0.2) is 11.3 Å². The van der Waals surface area contributed by atoms with E-state index in [0.29, 0.717) is 12.1 Å². The van der Waals surface area contributed by atoms with E-state index in [0.717, 1.165) is 0 Å². The standard InChI is InChI=1S/C14H15F3N4O2/c1-2-23-13(22)9-8-18-11-5-6-12(19-21(9)11)20-7-3-4-10(20)14(15,16)17/h5-6,8,10H,2-4,7H2,1H3. The van der Waals surface area contributed by atoms with Crippen LogP contribution in [-0.2, 0) is 4.74 Å². The molecule has 0 aliphatic carbocycles. The molecule has 9 heteroatoms. The number of ether oxygens (including phenoxy) is 1. The van der Waals surface area contributed by atoms with Crippen LogP contribution in [0.4, 0.5) is 19.0 Å². The van der Waals surface area contributed by atoms with E-state index in [-0.39, 0.29) is 31.1 Å². The Labute approximate surface area is 129 Å². The Kier molecular flexibility index (Phi) is 3.87. The number of anilines is 1. The largest absolute Gasteiger partial charge is 0.461 e. The average molecular weight is 328 g/mol. The molecule has 1 unspecified atom stereocenters. The molecule has 124 valence electrons. The Hall–Kier alpha value is -2.32. The van der Waals surface area contributed by atoms with E-state index in [1.54, 1.807) is 6.92 Å². The Morgan fingerprint density at radius 2 is 2.22 bits per heavy atom. The summed E-state index contributed by atoms with van der Waals surface area (Å²) in [6, 6.07) is 1.47. The first-order valence-electron chi connectivity index (χ1n) is 7.27. The van der Waals surface area contributed by atoms with Crippen LogP contribution >= 0.6 is 0 Å². The van der Waals surface area contributed by atoms with Crippen LogP contribution in [0.1, 0.15) is 30.3 Å². The second-order valence-corrected chi connectivity index (χ2v) is 5.22. The second-order valence-electron chi connectivity index (χ2n) is 5.22. The number of alkyl halides is 3. The zero-order valence-electron chi connectivity index (χ0n) is 12.4. The lowest BCUT2D eigenvalue weighted by molar-refractivity contribution is -0.146. The van der Waals surface area contributed by atoms with Crippen LogP contribution in [0.25, 0.3) is 5.65 Å². The predicted octanol–water partition coefficient (Wildman–Crippen LogP) is 2.44. The third-order valence-corrected chi connectivity index (χ3v) is 3.76. The SMILES string of the molecule is CCOC(=O)c1cnc2ccc(N3CCCC3C(F)(F)F)nn12. The maximum absolute atomic E-state index is 13.1. The smallest absolute Gasteiger partial charge is 0.408 e. The number of rotatable bonds is 3. The summed E-state index contributed by atoms with van der Waals surface area (Å²) < 4.78 is 45.4. The number of hydrogen-bond acceptors (Lipinski definition) is 5. The van der Waals surface area contributed by atoms with Crippen LogP contribution in [0, 0.1) is 0 Å². The highest BCUT2D eigenvalue weighted by Crippen LogP contribution is 2.35. The van der Waals surface area contributed by atoms with Gasteiger partial charge in [0.1, 0.15) is 11.9 Å². The fourth-order valence-corrected chi connectivity index (χ4v) is 2.74. The van der Waals surface area contributed by atoms with E-state index < -0.39 is 18.2 Å². The summed E-state index contributed by atoms with van der Waals surface area (Å²) in [5.41, 5.74) is 0.464. The van der Waals surface area contributed by atoms with Crippen LogP contribution in [0.2, 0.25) is 0 Å². The van der Waals surface area contributed by atoms with Crippen molar-refractivity contribution in [3.8, 4) is 0 Å². The van der Waals surface area contributed by atoms with E-state index in [1.165, 1.54) is 27.7 Å². The molecule has 3 rings (SSSR count). The highest BCUT2D eigenvalue weighted by Gasteiger charge is 2.46. The number of carbonyl (C=O) groups is 1. The first kappa shape index (κ1) is 15.6. The quantitative estimate of drug-likeness (QED) is 0.810. The van der Waals surface area contributed by atoms with Gasteiger partial charge in [-0.05, 0) is 31.9 Å². The predicted molar refractivity (Wildman–Crippen MR) is 75.4 cm³/mol. The Morgan fingerprint density at radius 3 is 2.91 bits per heavy atom. The molecule has 1 atom stereocenters. The fraction of sp³-hybridized carbons (Fsp3) is 0.500. The molecular formula is C14H15F3N4O2. The molecule has 1 aliphatic rings. The molecule has 2 aromatic rings. The lowest BCUT2D eigenvalue weighted by Crippen LogP contribution is -2.41. The summed E-state index contributed by atoms with van der Waals surface area (Å²) >= 11 is 0. The van der Waals surface area contributed by atoms with Crippen molar-refractivity contribution in [3.05, 3.63) is 24.0 Å². The fourth-order valence-electron chi connectivity index (χ4n) is 2.74. The van der Waals surface area contributed by atoms with E-state index in [1.807, 2.05) is 0 Å². The molecule has 0 N–H and O–H groups in total. The van der Waals surface area contributed by atoms with E-state index >= 15 is 0 Å². The Balaban J connectivity index is 1.99. The third kappa shape index (κ3) is 2.82. The monoisotopic (exact) mass is 328 g/mol. The van der Waals surface area contributed by atoms with E-state index in [9.17, 15) is 18.0 Å². The van der Waals surface area contributed by atoms with Gasteiger partial charge in [-0.1, -0.05) is 0 Å². The Morgan fingerprint density at radius 1 is 1.43 bits per heavy atom. The van der Waals surface area contributed by atoms with E-state index in [4.69, 9.17) is 4.74 Å². The number of hydrogen-bond donors (Lipinski definition) is 0. The minimum atomic E-state index is -4.31. The van der Waals surface area contributed by atoms with Gasteiger partial charge in [-0.2, -0.15) is 13.2 Å². The van der Waals surface area contributed by atoms with Gasteiger partial charge in [-0.3, -0.25) is 0 Å². The van der Waals surface area contributed by atoms with Gasteiger partial charge in [0.2, 0.25) is 0 Å². The molecule has 6 nitrogen and oxygen atoms in total. The summed E-state index contributed by atoms with van der Waals surface area (Å²) in [5.74, 6) is -0.445. The van der Waals surface area contributed by atoms with Crippen molar-refractivity contribution in [3.63, 3.8) is 0 Å². The second kappa shape index (κ2) is 5.71. The third-order valence-electron chi connectivity index (χ3n) is 3.76. The molecule has 0 amide bonds. The van der Waals surface area contributed by atoms with Crippen LogP contribution < -0.4 is 4.90 Å². The number of fused-ring (bicyclic) bond motifs is 1. The number of nitrogens with zero attached hydrogens (tertiary/aromatic N) is 4. The number of imidazole rings is 1. The molecule has 1 saturated heterocycles. The van der Waals surface area contributed by atoms with Gasteiger partial charge >= 0.3 is 12.1 Å². The summed E-state index contributed by atoms with van der Waals surface area (Å²) in [6.07, 6.45) is -2.53. The van der Waals surface area contributed by atoms with Crippen molar-refractivity contribution in [1.29, 1.82) is 0 Å². The molecule has 2 aromatic heterocycles. The topological polar surface area (TPSA) is 59.7 Å². The van der Waals surface area contributed by atoms with E-state index in [2.05, 4.69) is 10.1 Å². The first-order chi connectivity index (χ1) is 10.9. The van der Waals surface area contributed by atoms with Crippen molar-refractivity contribution in [2.75, 3.05) is 18.1 Å². The zero-order valence-corrected chi connectivity index (χ0v) is 12.4. The summed E-state index contributed by atoms with van der Waals surface area (Å²) in [7, 11) is 0. The molecule has 0 saturated carbocycles. The number of halogens is 3. The van der Waals surface area contributed by atoms with Gasteiger partial charge in [0.25, 0.3) is 0 Å². The van der Waals surface area contributed by atoms with Gasteiger partial charge in [-0.25, -0.2) is 14.3 Å². The van der Waals surface area contributed by atoms with Gasteiger partial charge in [-0.15, -0.1) is 5.10 Å². The lowest BCUT2D eigenvalue weighted by Gasteiger charge is -2.27. The van der Waals surface area contributed by atoms with Gasteiger partial charge < -0.3 is 9.64 Å². The summed E-state index contributed by atoms with van der Waals surface area (Å²) in [4.78, 5) is 17.1. The van der Waals surface area contributed by atoms with Crippen LogP contribution in [0.5, 0.6) is 0 Å². The molecule has 0 radical (unpaired) electrons. The van der Waals surface area contributed by atoms with Crippen molar-refractivity contribution in [2.45, 2.75) is 32.0 Å². The zero-order chi connectivity index (χ0) is 16.6. The molecule has 0 aromatic carbocycles. The van der Waals surface area contributed by atoms with Gasteiger partial charge in [0, 0.05) is 6.54 Å². The van der Waals surface area contributed by atoms with Crippen molar-refractivity contribution >= 4 is 17.4 Å². The lowest BCUT2D eigenvalue weighted by atomic mass is 10.2. The highest BCUT2D eigenvalue weighted by atomic mass is 19.4. The van der Waals surface area contributed by atoms with Crippen LogP contribution in [-0.4, -0.2) is 45.9 Å². The Bertz CT molecular complexity index is 728.